The molecule has 2 aliphatic carbocycles. The number of fused-ring (bicyclic) bond motifs is 1. The third-order valence-electron chi connectivity index (χ3n) is 7.21. The van der Waals surface area contributed by atoms with Gasteiger partial charge in [0, 0.05) is 30.0 Å². The van der Waals surface area contributed by atoms with Crippen LogP contribution in [0.5, 0.6) is 0 Å². The lowest BCUT2D eigenvalue weighted by Crippen LogP contribution is -2.33. The van der Waals surface area contributed by atoms with Gasteiger partial charge in [0.05, 0.1) is 18.4 Å². The summed E-state index contributed by atoms with van der Waals surface area (Å²) in [5.41, 5.74) is 2.95. The predicted molar refractivity (Wildman–Crippen MR) is 160 cm³/mol. The summed E-state index contributed by atoms with van der Waals surface area (Å²) in [5, 5.41) is 5.06. The minimum Gasteiger partial charge on any atom is -0.497 e. The van der Waals surface area contributed by atoms with Crippen LogP contribution >= 0.6 is 0 Å². The fourth-order valence-electron chi connectivity index (χ4n) is 4.65. The number of carbonyl (C=O) groups excluding carboxylic acids is 3. The first-order chi connectivity index (χ1) is 19.2. The molecule has 40 heavy (non-hydrogen) atoms. The van der Waals surface area contributed by atoms with Gasteiger partial charge in [-0.3, -0.25) is 14.4 Å². The summed E-state index contributed by atoms with van der Waals surface area (Å²) in [7, 11) is 3.23. The molecule has 0 aromatic heterocycles. The molecule has 0 saturated carbocycles. The van der Waals surface area contributed by atoms with Gasteiger partial charge in [-0.25, -0.2) is 0 Å². The van der Waals surface area contributed by atoms with Gasteiger partial charge in [-0.05, 0) is 81.0 Å². The summed E-state index contributed by atoms with van der Waals surface area (Å²) >= 11 is 0. The summed E-state index contributed by atoms with van der Waals surface area (Å²) in [6.45, 7) is 8.29. The highest BCUT2D eigenvalue weighted by atomic mass is 16.5. The van der Waals surface area contributed by atoms with Crippen LogP contribution in [0.3, 0.4) is 0 Å². The zero-order valence-electron chi connectivity index (χ0n) is 24.4. The Labute approximate surface area is 237 Å². The Hall–Kier alpha value is -4.07. The fourth-order valence-corrected chi connectivity index (χ4v) is 4.65. The second kappa shape index (κ2) is 15.5. The van der Waals surface area contributed by atoms with Crippen LogP contribution in [0, 0.1) is 10.3 Å². The quantitative estimate of drug-likeness (QED) is 0.345. The molecule has 1 fully saturated rings. The van der Waals surface area contributed by atoms with E-state index in [0.717, 1.165) is 42.7 Å². The third kappa shape index (κ3) is 7.74. The Morgan fingerprint density at radius 3 is 2.38 bits per heavy atom. The maximum absolute atomic E-state index is 13.1. The van der Waals surface area contributed by atoms with Crippen LogP contribution in [0.2, 0.25) is 0 Å². The molecule has 8 nitrogen and oxygen atoms in total. The van der Waals surface area contributed by atoms with Crippen molar-refractivity contribution in [3.05, 3.63) is 94.2 Å². The third-order valence-corrected chi connectivity index (χ3v) is 7.21. The first kappa shape index (κ1) is 32.1. The van der Waals surface area contributed by atoms with Crippen LogP contribution in [0.15, 0.2) is 88.9 Å². The topological polar surface area (TPSA) is 105 Å². The van der Waals surface area contributed by atoms with E-state index in [4.69, 9.17) is 4.74 Å². The molecule has 3 amide bonds. The van der Waals surface area contributed by atoms with Crippen LogP contribution in [-0.2, 0) is 19.1 Å². The Bertz CT molecular complexity index is 1220. The van der Waals surface area contributed by atoms with Crippen molar-refractivity contribution in [2.24, 2.45) is 10.6 Å². The standard InChI is InChI=1S/C20H22N2O3.C10H13NO2.C2H6/c1-14(18(23)21-25)15-8-10-17(11-9-15)22-13-16-7-5-3-4-6-12-20(16,2)19(22)24;1-11-10(12)8-4-3-5-9(13-2)7-6-8;1-2/h3-4,7-11,14H,5-6,12-13H2,1-2H3;4-7H,3H2,1-2H3,(H,11,12);1-2H3/b4-3-,16-7-;;. The summed E-state index contributed by atoms with van der Waals surface area (Å²) in [4.78, 5) is 47.9. The second-order valence-corrected chi connectivity index (χ2v) is 9.56. The predicted octanol–water partition coefficient (Wildman–Crippen LogP) is 6.28. The molecule has 1 aromatic carbocycles. The van der Waals surface area contributed by atoms with E-state index in [1.54, 1.807) is 45.4 Å². The molecule has 0 radical (unpaired) electrons. The zero-order valence-corrected chi connectivity index (χ0v) is 24.4. The van der Waals surface area contributed by atoms with Crippen molar-refractivity contribution in [1.82, 2.24) is 5.32 Å². The average molecular weight is 548 g/mol. The smallest absolute Gasteiger partial charge is 0.293 e. The molecule has 2 unspecified atom stereocenters. The number of hydrogen-bond donors (Lipinski definition) is 1. The number of rotatable bonds is 5. The number of ether oxygens (including phenoxy) is 1. The number of benzene rings is 1. The van der Waals surface area contributed by atoms with Gasteiger partial charge < -0.3 is 15.0 Å². The number of nitrogens with one attached hydrogen (secondary N) is 1. The Balaban J connectivity index is 0.000000315. The number of nitroso groups, excluding NO2 is 1. The fraction of sp³-hybridized carbons (Fsp3) is 0.406. The minimum absolute atomic E-state index is 0.0676. The van der Waals surface area contributed by atoms with E-state index in [-0.39, 0.29) is 11.8 Å². The second-order valence-electron chi connectivity index (χ2n) is 9.56. The summed E-state index contributed by atoms with van der Waals surface area (Å²) in [6.07, 6.45) is 17.1. The molecular formula is C32H41N3O5. The number of amides is 3. The van der Waals surface area contributed by atoms with Crippen molar-refractivity contribution in [2.75, 3.05) is 25.6 Å². The molecule has 2 atom stereocenters. The van der Waals surface area contributed by atoms with Gasteiger partial charge in [0.2, 0.25) is 5.91 Å². The van der Waals surface area contributed by atoms with Gasteiger partial charge in [0.1, 0.15) is 5.76 Å². The van der Waals surface area contributed by atoms with Crippen molar-refractivity contribution in [3.63, 3.8) is 0 Å². The number of methoxy groups -OCH3 is 1. The highest BCUT2D eigenvalue weighted by Gasteiger charge is 2.46. The molecule has 214 valence electrons. The van der Waals surface area contributed by atoms with E-state index >= 15 is 0 Å². The van der Waals surface area contributed by atoms with E-state index in [0.29, 0.717) is 12.1 Å². The number of likely N-dealkylation sites (N-methyl/N-ethyl adjacent to an activating group) is 1. The Kier molecular flexibility index (Phi) is 12.5. The first-order valence-corrected chi connectivity index (χ1v) is 13.7. The Morgan fingerprint density at radius 2 is 1.75 bits per heavy atom. The summed E-state index contributed by atoms with van der Waals surface area (Å²) in [5.74, 6) is -0.409. The molecule has 1 N–H and O–H groups in total. The molecule has 1 aliphatic heterocycles. The average Bonchev–Trinajstić information content (AvgIpc) is 3.13. The molecular weight excluding hydrogens is 506 g/mol. The molecule has 1 aromatic rings. The molecule has 3 aliphatic rings. The molecule has 0 bridgehead atoms. The highest BCUT2D eigenvalue weighted by molar-refractivity contribution is 6.03. The van der Waals surface area contributed by atoms with Crippen LogP contribution in [-0.4, -0.2) is 38.4 Å². The van der Waals surface area contributed by atoms with E-state index in [9.17, 15) is 19.3 Å². The van der Waals surface area contributed by atoms with Gasteiger partial charge in [0.15, 0.2) is 0 Å². The molecule has 4 rings (SSSR count). The number of hydrogen-bond acceptors (Lipinski definition) is 5. The zero-order chi connectivity index (χ0) is 29.7. The van der Waals surface area contributed by atoms with Gasteiger partial charge in [-0.1, -0.05) is 50.3 Å². The first-order valence-electron chi connectivity index (χ1n) is 13.7. The van der Waals surface area contributed by atoms with Crippen LogP contribution in [0.1, 0.15) is 64.9 Å². The van der Waals surface area contributed by atoms with E-state index in [1.165, 1.54) is 5.57 Å². The minimum atomic E-state index is -0.686. The van der Waals surface area contributed by atoms with E-state index < -0.39 is 17.2 Å². The normalized spacial score (nSPS) is 22.4. The van der Waals surface area contributed by atoms with Gasteiger partial charge in [-0.2, -0.15) is 0 Å². The lowest BCUT2D eigenvalue weighted by molar-refractivity contribution is -0.124. The van der Waals surface area contributed by atoms with Crippen molar-refractivity contribution in [3.8, 4) is 0 Å². The number of allylic oxidation sites excluding steroid dienone is 6. The maximum atomic E-state index is 13.1. The number of carbonyl (C=O) groups is 3. The van der Waals surface area contributed by atoms with E-state index in [2.05, 4.69) is 28.7 Å². The number of nitrogens with zero attached hydrogens (tertiary/aromatic N) is 2. The van der Waals surface area contributed by atoms with Crippen molar-refractivity contribution >= 4 is 23.4 Å². The summed E-state index contributed by atoms with van der Waals surface area (Å²) in [6, 6.07) is 7.25. The molecule has 1 heterocycles. The van der Waals surface area contributed by atoms with Gasteiger partial charge >= 0.3 is 0 Å². The number of anilines is 1. The van der Waals surface area contributed by atoms with Crippen molar-refractivity contribution in [1.29, 1.82) is 0 Å². The molecule has 0 spiro atoms. The van der Waals surface area contributed by atoms with Crippen molar-refractivity contribution < 1.29 is 19.1 Å². The van der Waals surface area contributed by atoms with Crippen molar-refractivity contribution in [2.45, 2.75) is 59.3 Å². The summed E-state index contributed by atoms with van der Waals surface area (Å²) < 4.78 is 5.04. The largest absolute Gasteiger partial charge is 0.497 e. The maximum Gasteiger partial charge on any atom is 0.293 e. The Morgan fingerprint density at radius 1 is 1.05 bits per heavy atom. The van der Waals surface area contributed by atoms with Crippen LogP contribution < -0.4 is 10.2 Å². The van der Waals surface area contributed by atoms with Gasteiger partial charge in [0.25, 0.3) is 11.8 Å². The van der Waals surface area contributed by atoms with E-state index in [1.807, 2.05) is 50.0 Å². The van der Waals surface area contributed by atoms with Gasteiger partial charge in [-0.15, -0.1) is 4.91 Å². The van der Waals surface area contributed by atoms with Crippen LogP contribution in [0.25, 0.3) is 0 Å². The lowest BCUT2D eigenvalue weighted by Gasteiger charge is -2.24. The van der Waals surface area contributed by atoms with Crippen LogP contribution in [0.4, 0.5) is 5.69 Å². The SMILES string of the molecule is CC.CC(C(=O)N=O)c1ccc(N2C/C3=C/C/C=C\CCC3(C)C2=O)cc1.CNC(=O)C1=CCC=C(OC)C=C1. The highest BCUT2D eigenvalue weighted by Crippen LogP contribution is 2.43. The lowest BCUT2D eigenvalue weighted by atomic mass is 9.78. The molecule has 8 heteroatoms. The monoisotopic (exact) mass is 547 g/mol. The molecule has 1 saturated heterocycles.